The molecule has 19 heteroatoms. The Hall–Kier alpha value is -4.42. The topological polar surface area (TPSA) is 160 Å². The maximum atomic E-state index is 17.2. The molecule has 4 aliphatic rings. The van der Waals surface area contributed by atoms with Gasteiger partial charge in [-0.05, 0) is 97.2 Å². The zero-order chi connectivity index (χ0) is 43.1. The molecule has 3 saturated heterocycles. The number of carbonyl (C=O) groups is 2. The number of anilines is 2. The molecule has 4 N–H and O–H groups in total. The minimum absolute atomic E-state index is 0.00352. The zero-order valence-corrected chi connectivity index (χ0v) is 34.7. The first-order chi connectivity index (χ1) is 28.5. The van der Waals surface area contributed by atoms with E-state index < -0.39 is 74.8 Å². The van der Waals surface area contributed by atoms with Gasteiger partial charge in [0.25, 0.3) is 0 Å². The first kappa shape index (κ1) is 43.7. The normalized spacial score (nSPS) is 25.8. The van der Waals surface area contributed by atoms with Gasteiger partial charge in [0.15, 0.2) is 5.82 Å². The summed E-state index contributed by atoms with van der Waals surface area (Å²) in [6, 6.07) is 0.709. The van der Waals surface area contributed by atoms with Gasteiger partial charge in [-0.1, -0.05) is 18.5 Å². The quantitative estimate of drug-likeness (QED) is 0.0717. The maximum Gasteiger partial charge on any atom is 0.418 e. The summed E-state index contributed by atoms with van der Waals surface area (Å²) in [6.45, 7) is 10.6. The molecule has 6 heterocycles. The predicted molar refractivity (Wildman–Crippen MR) is 218 cm³/mol. The smallest absolute Gasteiger partial charge is 0.418 e. The van der Waals surface area contributed by atoms with E-state index in [0.717, 1.165) is 18.6 Å². The number of pyridine rings is 1. The van der Waals surface area contributed by atoms with Crippen molar-refractivity contribution in [3.8, 4) is 23.1 Å². The molecule has 326 valence electrons. The number of halogens is 6. The van der Waals surface area contributed by atoms with Gasteiger partial charge in [0.1, 0.15) is 41.3 Å². The molecule has 2 aromatic heterocycles. The van der Waals surface area contributed by atoms with Crippen LogP contribution in [0.3, 0.4) is 0 Å². The van der Waals surface area contributed by atoms with Gasteiger partial charge in [0.2, 0.25) is 17.7 Å². The molecule has 4 aliphatic heterocycles. The largest absolute Gasteiger partial charge is 0.472 e. The monoisotopic (exact) mass is 863 g/mol. The Morgan fingerprint density at radius 2 is 1.97 bits per heavy atom. The van der Waals surface area contributed by atoms with Crippen LogP contribution >= 0.6 is 11.6 Å². The Bertz CT molecular complexity index is 2150. The molecular weight excluding hydrogens is 813 g/mol. The average molecular weight is 864 g/mol. The number of unbranched alkanes of at least 4 members (excludes halogenated alkanes) is 1. The summed E-state index contributed by atoms with van der Waals surface area (Å²) in [5.41, 5.74) is 1.19. The number of fused-ring (bicyclic) bond motifs is 3. The Morgan fingerprint density at radius 3 is 2.70 bits per heavy atom. The van der Waals surface area contributed by atoms with Gasteiger partial charge in [0, 0.05) is 43.2 Å². The molecule has 0 saturated carbocycles. The highest BCUT2D eigenvalue weighted by Crippen LogP contribution is 2.49. The van der Waals surface area contributed by atoms with E-state index in [1.807, 2.05) is 23.6 Å². The van der Waals surface area contributed by atoms with Gasteiger partial charge in [-0.15, -0.1) is 0 Å². The van der Waals surface area contributed by atoms with E-state index in [-0.39, 0.29) is 73.1 Å². The third kappa shape index (κ3) is 8.43. The van der Waals surface area contributed by atoms with Crippen molar-refractivity contribution in [2.75, 3.05) is 43.4 Å². The number of alkyl halides is 4. The molecule has 1 aromatic carbocycles. The molecule has 0 spiro atoms. The van der Waals surface area contributed by atoms with Crippen molar-refractivity contribution in [1.29, 1.82) is 0 Å². The van der Waals surface area contributed by atoms with Crippen molar-refractivity contribution in [3.05, 3.63) is 28.5 Å². The highest BCUT2D eigenvalue weighted by Gasteiger charge is 2.50. The van der Waals surface area contributed by atoms with Crippen LogP contribution in [0, 0.1) is 5.82 Å². The lowest BCUT2D eigenvalue weighted by Gasteiger charge is -2.43. The lowest BCUT2D eigenvalue weighted by atomic mass is 9.88. The molecule has 6 atom stereocenters. The second-order valence-electron chi connectivity index (χ2n) is 16.7. The van der Waals surface area contributed by atoms with E-state index in [0.29, 0.717) is 58.0 Å². The second kappa shape index (κ2) is 17.2. The van der Waals surface area contributed by atoms with Crippen LogP contribution in [0.5, 0.6) is 11.9 Å². The number of aromatic nitrogens is 3. The van der Waals surface area contributed by atoms with Crippen LogP contribution < -0.4 is 30.7 Å². The summed E-state index contributed by atoms with van der Waals surface area (Å²) >= 11 is 6.12. The number of nitrogen functional groups attached to an aromatic ring is 1. The predicted octanol–water partition coefficient (Wildman–Crippen LogP) is 6.82. The van der Waals surface area contributed by atoms with Gasteiger partial charge in [-0.3, -0.25) is 14.5 Å². The van der Waals surface area contributed by atoms with Crippen LogP contribution in [0.2, 0.25) is 5.02 Å². The Balaban J connectivity index is 1.29. The highest BCUT2D eigenvalue weighted by atomic mass is 35.5. The second-order valence-corrected chi connectivity index (χ2v) is 17.1. The van der Waals surface area contributed by atoms with Gasteiger partial charge in [0.05, 0.1) is 27.7 Å². The third-order valence-electron chi connectivity index (χ3n) is 12.7. The van der Waals surface area contributed by atoms with E-state index in [2.05, 4.69) is 32.3 Å². The van der Waals surface area contributed by atoms with Gasteiger partial charge >= 0.3 is 12.2 Å². The fourth-order valence-corrected chi connectivity index (χ4v) is 9.72. The summed E-state index contributed by atoms with van der Waals surface area (Å²) in [5.74, 6) is -1.73. The Morgan fingerprint density at radius 1 is 1.18 bits per heavy atom. The van der Waals surface area contributed by atoms with Crippen LogP contribution in [-0.4, -0.2) is 107 Å². The number of nitrogens with one attached hydrogen (secondary N) is 2. The van der Waals surface area contributed by atoms with Crippen molar-refractivity contribution in [2.45, 2.75) is 127 Å². The zero-order valence-electron chi connectivity index (χ0n) is 33.9. The third-order valence-corrected chi connectivity index (χ3v) is 13.0. The van der Waals surface area contributed by atoms with Crippen LogP contribution in [0.4, 0.5) is 33.5 Å². The minimum atomic E-state index is -5.01. The van der Waals surface area contributed by atoms with Crippen molar-refractivity contribution < 1.29 is 41.0 Å². The molecule has 0 radical (unpaired) electrons. The first-order valence-corrected chi connectivity index (χ1v) is 20.9. The maximum absolute atomic E-state index is 17.2. The fraction of sp³-hybridized carbons (Fsp3) is 0.610. The number of aliphatic imine (C=N–C) groups is 1. The molecule has 60 heavy (non-hydrogen) atoms. The summed E-state index contributed by atoms with van der Waals surface area (Å²) < 4.78 is 88.5. The number of carbonyl (C=O) groups excluding carboxylic acids is 2. The van der Waals surface area contributed by atoms with Crippen LogP contribution in [0.1, 0.15) is 90.5 Å². The average Bonchev–Trinajstić information content (AvgIpc) is 3.63. The van der Waals surface area contributed by atoms with Gasteiger partial charge in [-0.25, -0.2) is 18.8 Å². The molecule has 0 aliphatic carbocycles. The molecule has 3 aromatic rings. The Labute approximate surface area is 350 Å². The van der Waals surface area contributed by atoms with Gasteiger partial charge in [-0.2, -0.15) is 23.1 Å². The lowest BCUT2D eigenvalue weighted by Crippen LogP contribution is -2.58. The van der Waals surface area contributed by atoms with Crippen molar-refractivity contribution in [3.63, 3.8) is 0 Å². The minimum Gasteiger partial charge on any atom is -0.472 e. The summed E-state index contributed by atoms with van der Waals surface area (Å²) in [6.07, 6.45) is -1.19. The number of rotatable bonds is 13. The number of benzene rings is 1. The number of hydrogen-bond acceptors (Lipinski definition) is 11. The SMILES string of the molecule is C=NC(=O)CCCCN[C@@H](CC)C(=O)N[C@@H]1CCC[C@@]2(C)[C@H](C)Oc3nc(-c4cc(N)cc(Cl)c4C(F)(F)F)c(F)c4nc(OC[C@@]56CCCN5C[C@H](F)C6)nc(c34)N2C1. The van der Waals surface area contributed by atoms with Gasteiger partial charge < -0.3 is 30.7 Å². The number of nitrogens with zero attached hydrogens (tertiary/aromatic N) is 6. The van der Waals surface area contributed by atoms with E-state index >= 15 is 4.39 Å². The molecule has 7 rings (SSSR count). The van der Waals surface area contributed by atoms with Crippen LogP contribution in [0.15, 0.2) is 17.1 Å². The number of ether oxygens (including phenoxy) is 2. The van der Waals surface area contributed by atoms with Crippen molar-refractivity contribution >= 4 is 52.5 Å². The number of nitrogens with two attached hydrogens (primary N) is 1. The number of hydrogen-bond donors (Lipinski definition) is 3. The van der Waals surface area contributed by atoms with Crippen molar-refractivity contribution in [2.24, 2.45) is 4.99 Å². The highest BCUT2D eigenvalue weighted by molar-refractivity contribution is 6.32. The van der Waals surface area contributed by atoms with Crippen LogP contribution in [0.25, 0.3) is 22.2 Å². The van der Waals surface area contributed by atoms with E-state index in [4.69, 9.17) is 31.8 Å². The Kier molecular flexibility index (Phi) is 12.5. The van der Waals surface area contributed by atoms with E-state index in [1.54, 1.807) is 6.92 Å². The van der Waals surface area contributed by atoms with Crippen LogP contribution in [-0.2, 0) is 15.8 Å². The first-order valence-electron chi connectivity index (χ1n) is 20.6. The standard InChI is InChI=1S/C41H51ClF5N9O4/c1-5-28(50-14-7-6-11-29(57)49-4)36(58)51-25-10-8-12-39(3)22(2)60-37-30-34(32(44)33(52-37)26-16-24(48)17-27(42)31(26)41(45,46)47)53-38(54-35(30)56(39)20-25)59-21-40-13-9-15-55(40)19-23(43)18-40/h16-17,22-23,25,28,50H,4-15,18-21,48H2,1-3H3,(H,51,58)/t22-,23+,25+,28-,39-,40-/m0/s1. The molecule has 0 unspecified atom stereocenters. The molecule has 2 amide bonds. The molecule has 3 fully saturated rings. The molecule has 13 nitrogen and oxygen atoms in total. The molecule has 0 bridgehead atoms. The van der Waals surface area contributed by atoms with E-state index in [9.17, 15) is 27.2 Å². The summed E-state index contributed by atoms with van der Waals surface area (Å²) in [5, 5.41) is 5.76. The van der Waals surface area contributed by atoms with Crippen molar-refractivity contribution in [1.82, 2.24) is 30.5 Å². The summed E-state index contributed by atoms with van der Waals surface area (Å²) in [7, 11) is 0. The lowest BCUT2D eigenvalue weighted by molar-refractivity contribution is -0.137. The summed E-state index contributed by atoms with van der Waals surface area (Å²) in [4.78, 5) is 46.4. The van der Waals surface area contributed by atoms with E-state index in [1.165, 1.54) is 0 Å². The fourth-order valence-electron chi connectivity index (χ4n) is 9.38. The number of amides is 2. The molecular formula is C41H51ClF5N9O4.